The van der Waals surface area contributed by atoms with Gasteiger partial charge in [-0.3, -0.25) is 24.0 Å². The van der Waals surface area contributed by atoms with Crippen LogP contribution in [0.4, 0.5) is 0 Å². The van der Waals surface area contributed by atoms with Crippen molar-refractivity contribution in [2.24, 2.45) is 17.8 Å². The molecule has 2 rings (SSSR count). The largest absolute Gasteiger partial charge is 0.379 e. The Hall–Kier alpha value is -3.55. The zero-order chi connectivity index (χ0) is 41.8. The monoisotopic (exact) mass is 773 g/mol. The molecule has 0 saturated carbocycles. The lowest BCUT2D eigenvalue weighted by molar-refractivity contribution is -0.148. The predicted molar refractivity (Wildman–Crippen MR) is 216 cm³/mol. The first-order chi connectivity index (χ1) is 25.6. The fourth-order valence-electron chi connectivity index (χ4n) is 7.29. The summed E-state index contributed by atoms with van der Waals surface area (Å²) in [6.07, 6.45) is 1.15. The fraction of sp³-hybridized carbons (Fsp3) is 0.738. The number of hydrogen-bond donors (Lipinski definition) is 4. The Morgan fingerprint density at radius 1 is 0.927 bits per heavy atom. The number of carbonyl (C=O) groups excluding carboxylic acids is 5. The summed E-state index contributed by atoms with van der Waals surface area (Å²) >= 11 is 0. The predicted octanol–water partition coefficient (Wildman–Crippen LogP) is 3.69. The Morgan fingerprint density at radius 3 is 2.05 bits per heavy atom. The second-order valence-electron chi connectivity index (χ2n) is 17.1. The van der Waals surface area contributed by atoms with Gasteiger partial charge >= 0.3 is 0 Å². The molecule has 0 bridgehead atoms. The third-order valence-corrected chi connectivity index (χ3v) is 11.1. The van der Waals surface area contributed by atoms with Gasteiger partial charge in [0.2, 0.25) is 29.5 Å². The molecule has 0 spiro atoms. The summed E-state index contributed by atoms with van der Waals surface area (Å²) in [5.74, 6) is -2.23. The number of rotatable bonds is 20. The minimum Gasteiger partial charge on any atom is -0.379 e. The van der Waals surface area contributed by atoms with Crippen LogP contribution in [0.3, 0.4) is 0 Å². The van der Waals surface area contributed by atoms with Gasteiger partial charge in [-0.15, -0.1) is 0 Å². The summed E-state index contributed by atoms with van der Waals surface area (Å²) in [6, 6.07) is 7.10. The molecular formula is C42H72N6O7. The van der Waals surface area contributed by atoms with Crippen molar-refractivity contribution >= 4 is 29.5 Å². The Morgan fingerprint density at radius 2 is 1.55 bits per heavy atom. The third-order valence-electron chi connectivity index (χ3n) is 11.1. The number of hydrogen-bond acceptors (Lipinski definition) is 8. The van der Waals surface area contributed by atoms with Crippen molar-refractivity contribution in [1.29, 1.82) is 0 Å². The molecule has 1 heterocycles. The molecule has 0 radical (unpaired) electrons. The molecule has 1 aliphatic rings. The smallest absolute Gasteiger partial charge is 0.245 e. The van der Waals surface area contributed by atoms with Gasteiger partial charge < -0.3 is 40.5 Å². The summed E-state index contributed by atoms with van der Waals surface area (Å²) in [5, 5.41) is 11.9. The fourth-order valence-corrected chi connectivity index (χ4v) is 7.29. The highest BCUT2D eigenvalue weighted by Gasteiger charge is 2.43. The highest BCUT2D eigenvalue weighted by molar-refractivity contribution is 5.92. The van der Waals surface area contributed by atoms with Crippen molar-refractivity contribution in [3.8, 4) is 0 Å². The quantitative estimate of drug-likeness (QED) is 0.156. The molecule has 0 aromatic heterocycles. The number of amides is 5. The van der Waals surface area contributed by atoms with E-state index in [4.69, 9.17) is 9.47 Å². The average molecular weight is 773 g/mol. The second-order valence-corrected chi connectivity index (χ2v) is 17.1. The lowest BCUT2D eigenvalue weighted by atomic mass is 9.89. The number of likely N-dealkylation sites (N-methyl/N-ethyl adjacent to an activating group) is 2. The Kier molecular flexibility index (Phi) is 18.3. The van der Waals surface area contributed by atoms with E-state index in [1.807, 2.05) is 78.8 Å². The van der Waals surface area contributed by atoms with Crippen molar-refractivity contribution in [2.75, 3.05) is 34.9 Å². The van der Waals surface area contributed by atoms with Crippen molar-refractivity contribution < 1.29 is 33.4 Å². The van der Waals surface area contributed by atoms with Crippen LogP contribution in [0.25, 0.3) is 0 Å². The minimum atomic E-state index is -0.876. The highest BCUT2D eigenvalue weighted by atomic mass is 16.5. The van der Waals surface area contributed by atoms with Gasteiger partial charge in [-0.2, -0.15) is 0 Å². The number of carbonyl (C=O) groups is 5. The first-order valence-corrected chi connectivity index (χ1v) is 19.9. The molecule has 1 aromatic carbocycles. The molecule has 4 N–H and O–H groups in total. The van der Waals surface area contributed by atoms with E-state index < -0.39 is 47.3 Å². The van der Waals surface area contributed by atoms with Crippen molar-refractivity contribution in [2.45, 2.75) is 149 Å². The maximum atomic E-state index is 14.2. The Balaban J connectivity index is 2.31. The molecule has 7 unspecified atom stereocenters. The van der Waals surface area contributed by atoms with Gasteiger partial charge in [0.05, 0.1) is 42.2 Å². The Labute approximate surface area is 330 Å². The van der Waals surface area contributed by atoms with Crippen molar-refractivity contribution in [1.82, 2.24) is 31.1 Å². The van der Waals surface area contributed by atoms with Crippen LogP contribution in [0.5, 0.6) is 0 Å². The molecule has 55 heavy (non-hydrogen) atoms. The van der Waals surface area contributed by atoms with Crippen molar-refractivity contribution in [3.63, 3.8) is 0 Å². The van der Waals surface area contributed by atoms with Crippen LogP contribution in [-0.2, 0) is 39.9 Å². The average Bonchev–Trinajstić information content (AvgIpc) is 3.62. The molecule has 1 aliphatic heterocycles. The lowest BCUT2D eigenvalue weighted by Gasteiger charge is -2.41. The van der Waals surface area contributed by atoms with Crippen LogP contribution in [0.2, 0.25) is 0 Å². The minimum absolute atomic E-state index is 0.00819. The normalized spacial score (nSPS) is 18.7. The van der Waals surface area contributed by atoms with Crippen LogP contribution < -0.4 is 21.3 Å². The molecule has 312 valence electrons. The van der Waals surface area contributed by atoms with Crippen LogP contribution in [0.1, 0.15) is 100 Å². The van der Waals surface area contributed by atoms with Gasteiger partial charge in [0, 0.05) is 39.8 Å². The number of ether oxygens (including phenoxy) is 2. The van der Waals surface area contributed by atoms with Crippen molar-refractivity contribution in [3.05, 3.63) is 35.9 Å². The molecule has 8 atom stereocenters. The molecule has 1 aromatic rings. The maximum absolute atomic E-state index is 14.2. The molecule has 13 heteroatoms. The first-order valence-electron chi connectivity index (χ1n) is 19.9. The van der Waals surface area contributed by atoms with Crippen LogP contribution in [0, 0.1) is 17.8 Å². The van der Waals surface area contributed by atoms with Gasteiger partial charge in [-0.25, -0.2) is 0 Å². The summed E-state index contributed by atoms with van der Waals surface area (Å²) < 4.78 is 12.0. The molecule has 5 amide bonds. The summed E-state index contributed by atoms with van der Waals surface area (Å²) in [5.41, 5.74) is -0.453. The summed E-state index contributed by atoms with van der Waals surface area (Å²) in [7, 11) is 6.51. The standard InChI is InChI=1S/C42H72N6O7/c1-15-27(4)35(47(12)39(52)34(26(2)3)45-40(53)42(9,10)43-11)32(54-13)25-33(49)48-23-19-22-31(48)36(55-14)28(5)37(50)44-30(38(51)46-41(6,7)8)24-29-20-17-16-18-21-29/h16-18,20-21,26-28,30-32,34-36,43H,15,19,22-25H2,1-14H3,(H,44,50)(H,45,53)(H,46,51)/t27?,28?,30?,31-,32?,34?,35?,36?/m0/s1. The van der Waals surface area contributed by atoms with Gasteiger partial charge in [0.25, 0.3) is 0 Å². The third kappa shape index (κ3) is 13.3. The van der Waals surface area contributed by atoms with Gasteiger partial charge in [-0.05, 0) is 71.9 Å². The van der Waals surface area contributed by atoms with E-state index in [-0.39, 0.29) is 53.8 Å². The SMILES string of the molecule is CCC(C)C(C(CC(=O)N1CCC[C@H]1C(OC)C(C)C(=O)NC(Cc1ccccc1)C(=O)NC(C)(C)C)OC)N(C)C(=O)C(NC(=O)C(C)(C)NC)C(C)C. The van der Waals surface area contributed by atoms with Crippen LogP contribution >= 0.6 is 0 Å². The van der Waals surface area contributed by atoms with E-state index >= 15 is 0 Å². The zero-order valence-corrected chi connectivity index (χ0v) is 36.1. The maximum Gasteiger partial charge on any atom is 0.245 e. The van der Waals surface area contributed by atoms with Gasteiger partial charge in [-0.1, -0.05) is 71.4 Å². The van der Waals surface area contributed by atoms with E-state index in [9.17, 15) is 24.0 Å². The van der Waals surface area contributed by atoms with E-state index in [1.54, 1.807) is 58.9 Å². The number of methoxy groups -OCH3 is 2. The van der Waals surface area contributed by atoms with Crippen LogP contribution in [0.15, 0.2) is 30.3 Å². The molecule has 13 nitrogen and oxygen atoms in total. The van der Waals surface area contributed by atoms with Crippen LogP contribution in [-0.4, -0.2) is 122 Å². The Bertz CT molecular complexity index is 1410. The number of nitrogens with one attached hydrogen (secondary N) is 4. The van der Waals surface area contributed by atoms with E-state index in [0.717, 1.165) is 18.4 Å². The second kappa shape index (κ2) is 21.1. The zero-order valence-electron chi connectivity index (χ0n) is 36.1. The molecule has 1 saturated heterocycles. The van der Waals surface area contributed by atoms with E-state index in [1.165, 1.54) is 0 Å². The number of likely N-dealkylation sites (tertiary alicyclic amines) is 1. The first kappa shape index (κ1) is 47.6. The number of nitrogens with zero attached hydrogens (tertiary/aromatic N) is 2. The van der Waals surface area contributed by atoms with Gasteiger partial charge in [0.1, 0.15) is 12.1 Å². The lowest BCUT2D eigenvalue weighted by Crippen LogP contribution is -2.61. The number of benzene rings is 1. The summed E-state index contributed by atoms with van der Waals surface area (Å²) in [6.45, 7) is 19.3. The van der Waals surface area contributed by atoms with E-state index in [2.05, 4.69) is 21.3 Å². The van der Waals surface area contributed by atoms with E-state index in [0.29, 0.717) is 19.4 Å². The molecular weight excluding hydrogens is 700 g/mol. The highest BCUT2D eigenvalue weighted by Crippen LogP contribution is 2.30. The summed E-state index contributed by atoms with van der Waals surface area (Å²) in [4.78, 5) is 72.2. The molecule has 1 fully saturated rings. The molecule has 0 aliphatic carbocycles. The topological polar surface area (TPSA) is 158 Å². The van der Waals surface area contributed by atoms with Gasteiger partial charge in [0.15, 0.2) is 0 Å².